The summed E-state index contributed by atoms with van der Waals surface area (Å²) in [6, 6.07) is -0.907. The van der Waals surface area contributed by atoms with Crippen LogP contribution in [0, 0.1) is 5.92 Å². The number of carboxylic acid groups (broad SMARTS) is 1. The first-order chi connectivity index (χ1) is 9.11. The van der Waals surface area contributed by atoms with E-state index in [1.54, 1.807) is 13.8 Å². The number of urea groups is 1. The molecule has 0 bridgehead atoms. The number of amides is 2. The van der Waals surface area contributed by atoms with Gasteiger partial charge in [0.25, 0.3) is 0 Å². The van der Waals surface area contributed by atoms with Gasteiger partial charge in [-0.1, -0.05) is 20.8 Å². The minimum Gasteiger partial charge on any atom is -0.481 e. The summed E-state index contributed by atoms with van der Waals surface area (Å²) in [6.07, 6.45) is 0. The Morgan fingerprint density at radius 2 is 1.95 bits per heavy atom. The second kappa shape index (κ2) is 6.21. The SMILES string of the molecule is CC(NC(=O)Nc1nc(C(C)(C)C)cs1)C(C)C(=O)O. The summed E-state index contributed by atoms with van der Waals surface area (Å²) in [5, 5.41) is 16.5. The lowest BCUT2D eigenvalue weighted by molar-refractivity contribution is -0.141. The number of hydrogen-bond donors (Lipinski definition) is 3. The molecule has 0 aliphatic rings. The van der Waals surface area contributed by atoms with Gasteiger partial charge in [0.05, 0.1) is 11.6 Å². The standard InChI is InChI=1S/C13H21N3O3S/c1-7(10(17)18)8(2)14-11(19)16-12-15-9(6-20-12)13(3,4)5/h6-8H,1-5H3,(H,17,18)(H2,14,15,16,19). The van der Waals surface area contributed by atoms with Crippen molar-refractivity contribution < 1.29 is 14.7 Å². The molecule has 0 saturated carbocycles. The minimum atomic E-state index is -0.943. The van der Waals surface area contributed by atoms with Crippen molar-refractivity contribution >= 4 is 28.5 Å². The van der Waals surface area contributed by atoms with Gasteiger partial charge in [-0.3, -0.25) is 10.1 Å². The van der Waals surface area contributed by atoms with Gasteiger partial charge in [-0.15, -0.1) is 11.3 Å². The lowest BCUT2D eigenvalue weighted by Crippen LogP contribution is -2.42. The molecule has 2 unspecified atom stereocenters. The van der Waals surface area contributed by atoms with E-state index >= 15 is 0 Å². The minimum absolute atomic E-state index is 0.0714. The quantitative estimate of drug-likeness (QED) is 0.797. The maximum absolute atomic E-state index is 11.8. The lowest BCUT2D eigenvalue weighted by atomic mass is 9.93. The summed E-state index contributed by atoms with van der Waals surface area (Å²) >= 11 is 1.35. The van der Waals surface area contributed by atoms with Crippen LogP contribution in [0.4, 0.5) is 9.93 Å². The van der Waals surface area contributed by atoms with Crippen LogP contribution < -0.4 is 10.6 Å². The molecule has 1 rings (SSSR count). The van der Waals surface area contributed by atoms with Crippen molar-refractivity contribution in [2.75, 3.05) is 5.32 Å². The van der Waals surface area contributed by atoms with Crippen LogP contribution in [-0.2, 0) is 10.2 Å². The fourth-order valence-electron chi connectivity index (χ4n) is 1.35. The molecule has 1 aromatic heterocycles. The first-order valence-corrected chi connectivity index (χ1v) is 7.25. The van der Waals surface area contributed by atoms with Crippen molar-refractivity contribution in [2.45, 2.75) is 46.1 Å². The number of hydrogen-bond acceptors (Lipinski definition) is 4. The van der Waals surface area contributed by atoms with Crippen molar-refractivity contribution in [1.29, 1.82) is 0 Å². The fourth-order valence-corrected chi connectivity index (χ4v) is 2.29. The molecule has 0 spiro atoms. The molecule has 1 aromatic rings. The third-order valence-corrected chi connectivity index (χ3v) is 3.75. The van der Waals surface area contributed by atoms with Crippen LogP contribution in [0.5, 0.6) is 0 Å². The normalized spacial score (nSPS) is 14.4. The van der Waals surface area contributed by atoms with Gasteiger partial charge in [-0.05, 0) is 13.8 Å². The second-order valence-corrected chi connectivity index (χ2v) is 6.66. The van der Waals surface area contributed by atoms with E-state index in [0.717, 1.165) is 5.69 Å². The molecule has 0 saturated heterocycles. The highest BCUT2D eigenvalue weighted by atomic mass is 32.1. The van der Waals surface area contributed by atoms with Gasteiger partial charge in [0.2, 0.25) is 0 Å². The highest BCUT2D eigenvalue weighted by molar-refractivity contribution is 7.13. The zero-order chi connectivity index (χ0) is 15.5. The molecule has 1 heterocycles. The summed E-state index contributed by atoms with van der Waals surface area (Å²) in [5.41, 5.74) is 0.836. The Labute approximate surface area is 122 Å². The van der Waals surface area contributed by atoms with Gasteiger partial charge in [0.15, 0.2) is 5.13 Å². The second-order valence-electron chi connectivity index (χ2n) is 5.80. The molecular formula is C13H21N3O3S. The number of carboxylic acids is 1. The average molecular weight is 299 g/mol. The number of nitrogens with one attached hydrogen (secondary N) is 2. The predicted molar refractivity (Wildman–Crippen MR) is 79.2 cm³/mol. The van der Waals surface area contributed by atoms with Crippen LogP contribution in [-0.4, -0.2) is 28.1 Å². The molecule has 0 fully saturated rings. The maximum Gasteiger partial charge on any atom is 0.321 e. The molecule has 6 nitrogen and oxygen atoms in total. The number of aliphatic carboxylic acids is 1. The first-order valence-electron chi connectivity index (χ1n) is 6.37. The summed E-state index contributed by atoms with van der Waals surface area (Å²) in [7, 11) is 0. The number of carbonyl (C=O) groups excluding carboxylic acids is 1. The molecule has 2 atom stereocenters. The molecule has 3 N–H and O–H groups in total. The number of nitrogens with zero attached hydrogens (tertiary/aromatic N) is 1. The van der Waals surface area contributed by atoms with Crippen LogP contribution in [0.1, 0.15) is 40.3 Å². The van der Waals surface area contributed by atoms with E-state index in [0.29, 0.717) is 5.13 Å². The fraction of sp³-hybridized carbons (Fsp3) is 0.615. The third-order valence-electron chi connectivity index (χ3n) is 2.99. The van der Waals surface area contributed by atoms with Crippen molar-refractivity contribution in [2.24, 2.45) is 5.92 Å². The number of aromatic nitrogens is 1. The van der Waals surface area contributed by atoms with Crippen molar-refractivity contribution in [3.63, 3.8) is 0 Å². The number of thiazole rings is 1. The molecule has 0 aliphatic carbocycles. The number of rotatable bonds is 4. The Bertz CT molecular complexity index is 493. The van der Waals surface area contributed by atoms with E-state index in [-0.39, 0.29) is 5.41 Å². The molecule has 112 valence electrons. The van der Waals surface area contributed by atoms with Gasteiger partial charge in [-0.2, -0.15) is 0 Å². The molecule has 2 amide bonds. The van der Waals surface area contributed by atoms with Crippen LogP contribution >= 0.6 is 11.3 Å². The topological polar surface area (TPSA) is 91.3 Å². The van der Waals surface area contributed by atoms with Crippen molar-refractivity contribution in [1.82, 2.24) is 10.3 Å². The summed E-state index contributed by atoms with van der Waals surface area (Å²) in [6.45, 7) is 9.34. The van der Waals surface area contributed by atoms with Gasteiger partial charge < -0.3 is 10.4 Å². The summed E-state index contributed by atoms with van der Waals surface area (Å²) in [4.78, 5) is 26.9. The van der Waals surface area contributed by atoms with Gasteiger partial charge in [0.1, 0.15) is 0 Å². The Balaban J connectivity index is 2.59. The molecule has 7 heteroatoms. The zero-order valence-electron chi connectivity index (χ0n) is 12.4. The van der Waals surface area contributed by atoms with Crippen molar-refractivity contribution in [3.05, 3.63) is 11.1 Å². The number of carbonyl (C=O) groups is 2. The van der Waals surface area contributed by atoms with Gasteiger partial charge in [0, 0.05) is 16.8 Å². The van der Waals surface area contributed by atoms with Gasteiger partial charge in [-0.25, -0.2) is 9.78 Å². The molecule has 20 heavy (non-hydrogen) atoms. The Hall–Kier alpha value is -1.63. The van der Waals surface area contributed by atoms with Crippen LogP contribution in [0.15, 0.2) is 5.38 Å². The summed E-state index contributed by atoms with van der Waals surface area (Å²) < 4.78 is 0. The highest BCUT2D eigenvalue weighted by Gasteiger charge is 2.22. The predicted octanol–water partition coefficient (Wildman–Crippen LogP) is 2.67. The van der Waals surface area contributed by atoms with E-state index in [4.69, 9.17) is 5.11 Å². The largest absolute Gasteiger partial charge is 0.481 e. The van der Waals surface area contributed by atoms with Crippen LogP contribution in [0.3, 0.4) is 0 Å². The number of anilines is 1. The summed E-state index contributed by atoms with van der Waals surface area (Å²) in [5.74, 6) is -1.59. The van der Waals surface area contributed by atoms with E-state index in [1.807, 2.05) is 26.2 Å². The van der Waals surface area contributed by atoms with E-state index in [1.165, 1.54) is 11.3 Å². The molecule has 0 aromatic carbocycles. The Morgan fingerprint density at radius 1 is 1.35 bits per heavy atom. The molecule has 0 radical (unpaired) electrons. The highest BCUT2D eigenvalue weighted by Crippen LogP contribution is 2.26. The molecular weight excluding hydrogens is 278 g/mol. The Morgan fingerprint density at radius 3 is 2.40 bits per heavy atom. The van der Waals surface area contributed by atoms with Crippen LogP contribution in [0.2, 0.25) is 0 Å². The van der Waals surface area contributed by atoms with Gasteiger partial charge >= 0.3 is 12.0 Å². The molecule has 0 aliphatic heterocycles. The van der Waals surface area contributed by atoms with E-state index < -0.39 is 24.0 Å². The Kier molecular flexibility index (Phi) is 5.10. The monoisotopic (exact) mass is 299 g/mol. The average Bonchev–Trinajstić information content (AvgIpc) is 2.75. The van der Waals surface area contributed by atoms with Crippen LogP contribution in [0.25, 0.3) is 0 Å². The lowest BCUT2D eigenvalue weighted by Gasteiger charge is -2.17. The van der Waals surface area contributed by atoms with E-state index in [9.17, 15) is 9.59 Å². The van der Waals surface area contributed by atoms with E-state index in [2.05, 4.69) is 15.6 Å². The maximum atomic E-state index is 11.8. The smallest absolute Gasteiger partial charge is 0.321 e. The first kappa shape index (κ1) is 16.4. The zero-order valence-corrected chi connectivity index (χ0v) is 13.2. The third kappa shape index (κ3) is 4.48. The van der Waals surface area contributed by atoms with Crippen molar-refractivity contribution in [3.8, 4) is 0 Å².